The number of carbonyl (C=O) groups excluding carboxylic acids is 1. The third kappa shape index (κ3) is 11.1. The standard InChI is InChI=1S/C27H42O6/c1-18-9-8-10-25(29)26(32-7)16-23(17-31-6)33-27(30)22(5)15-20(3)13-19(2)14-21(4)24(28)12-11-18/h9,11-15,21,23-26,28-29H,8,10,16-17H2,1-7H3/b12-11+,18-9+,19-14+,20-13+,22-15+/t21-,23+,24-,25+,26+/m1/s1. The van der Waals surface area contributed by atoms with Gasteiger partial charge in [0.05, 0.1) is 24.9 Å². The molecule has 0 aromatic carbocycles. The first-order chi connectivity index (χ1) is 15.6. The molecule has 0 unspecified atom stereocenters. The molecular weight excluding hydrogens is 420 g/mol. The van der Waals surface area contributed by atoms with Gasteiger partial charge in [-0.15, -0.1) is 0 Å². The Morgan fingerprint density at radius 2 is 1.76 bits per heavy atom. The molecule has 0 aromatic heterocycles. The average molecular weight is 463 g/mol. The van der Waals surface area contributed by atoms with Gasteiger partial charge in [-0.25, -0.2) is 4.79 Å². The van der Waals surface area contributed by atoms with Crippen LogP contribution < -0.4 is 0 Å². The highest BCUT2D eigenvalue weighted by molar-refractivity contribution is 5.88. The molecule has 5 atom stereocenters. The van der Waals surface area contributed by atoms with Gasteiger partial charge in [0, 0.05) is 32.1 Å². The first-order valence-electron chi connectivity index (χ1n) is 11.6. The Kier molecular flexibility index (Phi) is 13.2. The number of allylic oxidation sites excluding steroid dienone is 7. The first-order valence-corrected chi connectivity index (χ1v) is 11.6. The van der Waals surface area contributed by atoms with Crippen LogP contribution in [0.4, 0.5) is 0 Å². The maximum Gasteiger partial charge on any atom is 0.334 e. The zero-order chi connectivity index (χ0) is 25.0. The number of esters is 1. The summed E-state index contributed by atoms with van der Waals surface area (Å²) in [5.41, 5.74) is 3.39. The van der Waals surface area contributed by atoms with Gasteiger partial charge < -0.3 is 24.4 Å². The van der Waals surface area contributed by atoms with Crippen molar-refractivity contribution in [3.63, 3.8) is 0 Å². The molecule has 186 valence electrons. The largest absolute Gasteiger partial charge is 0.456 e. The van der Waals surface area contributed by atoms with Gasteiger partial charge in [-0.05, 0) is 46.6 Å². The number of rotatable bonds is 3. The molecule has 1 rings (SSSR count). The predicted molar refractivity (Wildman–Crippen MR) is 132 cm³/mol. The van der Waals surface area contributed by atoms with Crippen molar-refractivity contribution in [1.82, 2.24) is 0 Å². The molecule has 6 nitrogen and oxygen atoms in total. The molecule has 0 spiro atoms. The number of hydrogen-bond acceptors (Lipinski definition) is 6. The van der Waals surface area contributed by atoms with Crippen molar-refractivity contribution in [2.75, 3.05) is 20.8 Å². The summed E-state index contributed by atoms with van der Waals surface area (Å²) in [5, 5.41) is 21.1. The maximum absolute atomic E-state index is 12.7. The Balaban J connectivity index is 3.26. The molecule has 0 amide bonds. The summed E-state index contributed by atoms with van der Waals surface area (Å²) in [4.78, 5) is 12.7. The molecule has 0 saturated carbocycles. The molecule has 1 aliphatic heterocycles. The van der Waals surface area contributed by atoms with Crippen molar-refractivity contribution in [1.29, 1.82) is 0 Å². The summed E-state index contributed by atoms with van der Waals surface area (Å²) in [6.45, 7) is 9.74. The van der Waals surface area contributed by atoms with Crippen molar-refractivity contribution < 1.29 is 29.2 Å². The molecule has 0 radical (unpaired) electrons. The second kappa shape index (κ2) is 15.0. The highest BCUT2D eigenvalue weighted by Gasteiger charge is 2.26. The van der Waals surface area contributed by atoms with E-state index >= 15 is 0 Å². The molecular formula is C27H42O6. The predicted octanol–water partition coefficient (Wildman–Crippen LogP) is 4.44. The van der Waals surface area contributed by atoms with Crippen molar-refractivity contribution >= 4 is 5.97 Å². The van der Waals surface area contributed by atoms with Crippen LogP contribution in [0.15, 0.2) is 58.7 Å². The fraction of sp³-hybridized carbons (Fsp3) is 0.593. The third-order valence-corrected chi connectivity index (χ3v) is 5.62. The van der Waals surface area contributed by atoms with Crippen molar-refractivity contribution in [3.8, 4) is 0 Å². The van der Waals surface area contributed by atoms with Gasteiger partial charge in [0.1, 0.15) is 6.10 Å². The zero-order valence-corrected chi connectivity index (χ0v) is 21.2. The molecule has 0 saturated heterocycles. The molecule has 0 aromatic rings. The Hall–Kier alpha value is -1.99. The lowest BCUT2D eigenvalue weighted by atomic mass is 9.99. The van der Waals surface area contributed by atoms with E-state index < -0.39 is 30.4 Å². The van der Waals surface area contributed by atoms with E-state index in [-0.39, 0.29) is 12.5 Å². The molecule has 0 bridgehead atoms. The van der Waals surface area contributed by atoms with Crippen LogP contribution in [0.2, 0.25) is 0 Å². The highest BCUT2D eigenvalue weighted by Crippen LogP contribution is 2.18. The lowest BCUT2D eigenvalue weighted by Crippen LogP contribution is -2.35. The number of carbonyl (C=O) groups is 1. The summed E-state index contributed by atoms with van der Waals surface area (Å²) >= 11 is 0. The minimum absolute atomic E-state index is 0.0715. The molecule has 0 aliphatic carbocycles. The van der Waals surface area contributed by atoms with E-state index in [4.69, 9.17) is 14.2 Å². The van der Waals surface area contributed by atoms with Crippen molar-refractivity contribution in [2.24, 2.45) is 5.92 Å². The topological polar surface area (TPSA) is 85.2 Å². The molecule has 6 heteroatoms. The maximum atomic E-state index is 12.7. The lowest BCUT2D eigenvalue weighted by molar-refractivity contribution is -0.150. The van der Waals surface area contributed by atoms with Gasteiger partial charge in [0.2, 0.25) is 0 Å². The summed E-state index contributed by atoms with van der Waals surface area (Å²) in [6, 6.07) is 0. The normalized spacial score (nSPS) is 36.6. The number of cyclic esters (lactones) is 1. The van der Waals surface area contributed by atoms with Crippen LogP contribution in [0.1, 0.15) is 53.9 Å². The number of aliphatic hydroxyl groups is 2. The van der Waals surface area contributed by atoms with Crippen LogP contribution in [0.5, 0.6) is 0 Å². The number of methoxy groups -OCH3 is 2. The number of ether oxygens (including phenoxy) is 3. The van der Waals surface area contributed by atoms with E-state index in [9.17, 15) is 15.0 Å². The summed E-state index contributed by atoms with van der Waals surface area (Å²) in [5.74, 6) is -0.504. The molecule has 1 aliphatic rings. The molecule has 2 N–H and O–H groups in total. The second-order valence-electron chi connectivity index (χ2n) is 8.92. The highest BCUT2D eigenvalue weighted by atomic mass is 16.6. The van der Waals surface area contributed by atoms with Crippen LogP contribution in [-0.2, 0) is 19.0 Å². The van der Waals surface area contributed by atoms with E-state index in [2.05, 4.69) is 0 Å². The number of hydrogen-bond donors (Lipinski definition) is 2. The van der Waals surface area contributed by atoms with Gasteiger partial charge in [-0.3, -0.25) is 0 Å². The van der Waals surface area contributed by atoms with Gasteiger partial charge in [0.15, 0.2) is 0 Å². The van der Waals surface area contributed by atoms with Crippen LogP contribution in [-0.4, -0.2) is 61.4 Å². The van der Waals surface area contributed by atoms with Crippen LogP contribution >= 0.6 is 0 Å². The SMILES string of the molecule is COC[C@@H]1C[C@H](OC)[C@@H](O)CC/C=C(C)/C=C/[C@@H](O)[C@H](C)/C=C(C)/C=C(C)/C=C(\C)C(=O)O1. The third-order valence-electron chi connectivity index (χ3n) is 5.62. The van der Waals surface area contributed by atoms with Gasteiger partial charge in [0.25, 0.3) is 0 Å². The van der Waals surface area contributed by atoms with E-state index in [0.717, 1.165) is 16.7 Å². The quantitative estimate of drug-likeness (QED) is 0.603. The Morgan fingerprint density at radius 3 is 2.39 bits per heavy atom. The molecule has 33 heavy (non-hydrogen) atoms. The van der Waals surface area contributed by atoms with Crippen LogP contribution in [0, 0.1) is 5.92 Å². The van der Waals surface area contributed by atoms with Crippen molar-refractivity contribution in [3.05, 3.63) is 58.7 Å². The van der Waals surface area contributed by atoms with Crippen molar-refractivity contribution in [2.45, 2.75) is 78.3 Å². The van der Waals surface area contributed by atoms with E-state index in [1.54, 1.807) is 33.3 Å². The minimum Gasteiger partial charge on any atom is -0.456 e. The smallest absolute Gasteiger partial charge is 0.334 e. The van der Waals surface area contributed by atoms with E-state index in [0.29, 0.717) is 24.8 Å². The van der Waals surface area contributed by atoms with Crippen LogP contribution in [0.3, 0.4) is 0 Å². The summed E-state index contributed by atoms with van der Waals surface area (Å²) < 4.78 is 16.4. The van der Waals surface area contributed by atoms with E-state index in [1.165, 1.54) is 0 Å². The van der Waals surface area contributed by atoms with Crippen LogP contribution in [0.25, 0.3) is 0 Å². The molecule has 0 fully saturated rings. The fourth-order valence-corrected chi connectivity index (χ4v) is 3.77. The Morgan fingerprint density at radius 1 is 1.06 bits per heavy atom. The summed E-state index contributed by atoms with van der Waals surface area (Å²) in [7, 11) is 3.09. The zero-order valence-electron chi connectivity index (χ0n) is 21.2. The molecule has 1 heterocycles. The van der Waals surface area contributed by atoms with Gasteiger partial charge >= 0.3 is 5.97 Å². The Bertz CT molecular complexity index is 773. The minimum atomic E-state index is -0.716. The van der Waals surface area contributed by atoms with E-state index in [1.807, 2.05) is 52.0 Å². The average Bonchev–Trinajstić information content (AvgIpc) is 2.74. The second-order valence-corrected chi connectivity index (χ2v) is 8.92. The number of aliphatic hydroxyl groups excluding tert-OH is 2. The van der Waals surface area contributed by atoms with Gasteiger partial charge in [-0.2, -0.15) is 0 Å². The Labute approximate surface area is 199 Å². The van der Waals surface area contributed by atoms with Gasteiger partial charge in [-0.1, -0.05) is 54.0 Å². The lowest BCUT2D eigenvalue weighted by Gasteiger charge is -2.26. The monoisotopic (exact) mass is 462 g/mol. The fourth-order valence-electron chi connectivity index (χ4n) is 3.77. The first kappa shape index (κ1) is 29.0. The summed E-state index contributed by atoms with van der Waals surface area (Å²) in [6.07, 6.45) is 10.6.